The molecule has 1 aromatic heterocycles. The Bertz CT molecular complexity index is 2060. The Labute approximate surface area is 358 Å². The van der Waals surface area contributed by atoms with E-state index in [0.29, 0.717) is 17.7 Å². The first-order chi connectivity index (χ1) is 28.8. The summed E-state index contributed by atoms with van der Waals surface area (Å²) in [5.41, 5.74) is -1.14. The van der Waals surface area contributed by atoms with Gasteiger partial charge in [-0.2, -0.15) is 0 Å². The van der Waals surface area contributed by atoms with Gasteiger partial charge in [0.25, 0.3) is 5.91 Å². The summed E-state index contributed by atoms with van der Waals surface area (Å²) in [5, 5.41) is 29.4. The molecule has 2 N–H and O–H groups in total. The van der Waals surface area contributed by atoms with Gasteiger partial charge in [0.05, 0.1) is 49.1 Å². The third kappa shape index (κ3) is 10.1. The number of esters is 1. The zero-order valence-electron chi connectivity index (χ0n) is 37.0. The SMILES string of the molecule is CC[C@H]1OC(=O)[C@H](C)C(=O)[C@H](C)[C@@H](O[C@@H]2O[C@H](C)C[C@H](N(C)C)[C@H]2O)[C@@]2(C)C[C@@H](C)C3=NC(=O)C(CC#Cc4cnc5ccccc5c4)O/N=C(\CO[C@@H]([C@@H]3C)[C@]1(C)O)CO2. The molecular formula is C46H62N4O11. The van der Waals surface area contributed by atoms with Gasteiger partial charge < -0.3 is 43.6 Å². The van der Waals surface area contributed by atoms with Crippen LogP contribution in [-0.2, 0) is 42.9 Å². The number of pyridine rings is 1. The summed E-state index contributed by atoms with van der Waals surface area (Å²) >= 11 is 0. The van der Waals surface area contributed by atoms with Crippen molar-refractivity contribution < 1.29 is 53.1 Å². The van der Waals surface area contributed by atoms with Crippen LogP contribution in [0.1, 0.15) is 86.6 Å². The minimum absolute atomic E-state index is 0.0553. The van der Waals surface area contributed by atoms with Gasteiger partial charge in [-0.1, -0.05) is 62.9 Å². The third-order valence-corrected chi connectivity index (χ3v) is 12.8. The van der Waals surface area contributed by atoms with E-state index < -0.39 is 89.3 Å². The third-order valence-electron chi connectivity index (χ3n) is 12.8. The second-order valence-electron chi connectivity index (χ2n) is 17.9. The number of nitrogens with zero attached hydrogens (tertiary/aromatic N) is 4. The maximum Gasteiger partial charge on any atom is 0.316 e. The number of benzene rings is 1. The number of Topliss-reactive ketones (excluding diaryl/α,β-unsaturated/α-hetero) is 1. The normalized spacial score (nSPS) is 38.8. The molecule has 2 aromatic rings. The van der Waals surface area contributed by atoms with Gasteiger partial charge >= 0.3 is 5.97 Å². The Morgan fingerprint density at radius 3 is 2.49 bits per heavy atom. The van der Waals surface area contributed by atoms with Crippen LogP contribution in [0.2, 0.25) is 0 Å². The highest BCUT2D eigenvalue weighted by atomic mass is 16.7. The van der Waals surface area contributed by atoms with Crippen LogP contribution in [0.25, 0.3) is 10.9 Å². The predicted octanol–water partition coefficient (Wildman–Crippen LogP) is 4.27. The van der Waals surface area contributed by atoms with Crippen LogP contribution in [-0.4, -0.2) is 137 Å². The fourth-order valence-corrected chi connectivity index (χ4v) is 9.32. The molecule has 1 aromatic carbocycles. The molecule has 4 aliphatic rings. The van der Waals surface area contributed by atoms with Crippen molar-refractivity contribution in [1.82, 2.24) is 9.88 Å². The molecule has 0 radical (unpaired) electrons. The van der Waals surface area contributed by atoms with Crippen LogP contribution in [0.3, 0.4) is 0 Å². The van der Waals surface area contributed by atoms with Crippen LogP contribution >= 0.6 is 0 Å². The lowest BCUT2D eigenvalue weighted by Crippen LogP contribution is -2.60. The summed E-state index contributed by atoms with van der Waals surface area (Å²) in [6, 6.07) is 9.30. The zero-order valence-corrected chi connectivity index (χ0v) is 37.0. The van der Waals surface area contributed by atoms with Crippen molar-refractivity contribution in [3.05, 3.63) is 42.1 Å². The number of ether oxygens (including phenoxy) is 5. The number of likely N-dealkylation sites (N-methyl/N-ethyl adjacent to an activating group) is 1. The molecule has 6 rings (SSSR count). The number of hydrogen-bond donors (Lipinski definition) is 2. The van der Waals surface area contributed by atoms with E-state index in [0.717, 1.165) is 10.9 Å². The molecule has 15 heteroatoms. The summed E-state index contributed by atoms with van der Waals surface area (Å²) in [7, 11) is 3.73. The summed E-state index contributed by atoms with van der Waals surface area (Å²) in [5.74, 6) is 0.594. The zero-order chi connectivity index (χ0) is 44.4. The van der Waals surface area contributed by atoms with Gasteiger partial charge in [0.2, 0.25) is 6.10 Å². The number of aliphatic hydroxyl groups excluding tert-OH is 1. The Kier molecular flexibility index (Phi) is 14.5. The van der Waals surface area contributed by atoms with E-state index in [1.54, 1.807) is 27.0 Å². The van der Waals surface area contributed by atoms with Crippen molar-refractivity contribution in [3.63, 3.8) is 0 Å². The number of oxime groups is 1. The lowest BCUT2D eigenvalue weighted by molar-refractivity contribution is -0.296. The Balaban J connectivity index is 1.47. The Morgan fingerprint density at radius 1 is 1.03 bits per heavy atom. The summed E-state index contributed by atoms with van der Waals surface area (Å²) < 4.78 is 32.4. The van der Waals surface area contributed by atoms with Crippen LogP contribution in [0.15, 0.2) is 46.7 Å². The lowest BCUT2D eigenvalue weighted by Gasteiger charge is -2.47. The highest BCUT2D eigenvalue weighted by Crippen LogP contribution is 2.40. The maximum atomic E-state index is 14.5. The molecule has 15 nitrogen and oxygen atoms in total. The summed E-state index contributed by atoms with van der Waals surface area (Å²) in [6.07, 6.45) is -4.66. The van der Waals surface area contributed by atoms with Crippen molar-refractivity contribution >= 4 is 40.0 Å². The smallest absolute Gasteiger partial charge is 0.316 e. The van der Waals surface area contributed by atoms with Crippen molar-refractivity contribution in [2.45, 2.75) is 141 Å². The van der Waals surface area contributed by atoms with Crippen molar-refractivity contribution in [1.29, 1.82) is 0 Å². The summed E-state index contributed by atoms with van der Waals surface area (Å²) in [4.78, 5) is 59.8. The van der Waals surface area contributed by atoms with Gasteiger partial charge in [0.15, 0.2) is 12.1 Å². The molecule has 0 saturated carbocycles. The van der Waals surface area contributed by atoms with Crippen LogP contribution in [0.5, 0.6) is 0 Å². The molecule has 3 fully saturated rings. The van der Waals surface area contributed by atoms with Gasteiger partial charge in [0.1, 0.15) is 29.4 Å². The minimum Gasteiger partial charge on any atom is -0.459 e. The maximum absolute atomic E-state index is 14.5. The molecule has 1 unspecified atom stereocenters. The quantitative estimate of drug-likeness (QED) is 0.247. The second-order valence-corrected chi connectivity index (χ2v) is 17.9. The topological polar surface area (TPSA) is 188 Å². The van der Waals surface area contributed by atoms with Gasteiger partial charge in [-0.25, -0.2) is 4.99 Å². The molecule has 0 aliphatic carbocycles. The molecule has 4 aliphatic heterocycles. The molecule has 14 atom stereocenters. The number of para-hydroxylation sites is 1. The number of aromatic nitrogens is 1. The fourth-order valence-electron chi connectivity index (χ4n) is 9.32. The molecule has 332 valence electrons. The van der Waals surface area contributed by atoms with Gasteiger partial charge in [-0.15, -0.1) is 0 Å². The van der Waals surface area contributed by atoms with Crippen LogP contribution in [0.4, 0.5) is 0 Å². The van der Waals surface area contributed by atoms with Crippen molar-refractivity contribution in [3.8, 4) is 11.8 Å². The monoisotopic (exact) mass is 846 g/mol. The number of carbonyl (C=O) groups excluding carboxylic acids is 3. The number of aliphatic imine (C=N–C) groups is 1. The van der Waals surface area contributed by atoms with E-state index in [-0.39, 0.29) is 50.3 Å². The van der Waals surface area contributed by atoms with E-state index in [9.17, 15) is 24.6 Å². The van der Waals surface area contributed by atoms with Crippen LogP contribution < -0.4 is 0 Å². The number of ketones is 1. The summed E-state index contributed by atoms with van der Waals surface area (Å²) in [6.45, 7) is 13.4. The van der Waals surface area contributed by atoms with Crippen molar-refractivity contribution in [2.75, 3.05) is 27.3 Å². The molecule has 0 spiro atoms. The fraction of sp³-hybridized carbons (Fsp3) is 0.652. The minimum atomic E-state index is -1.84. The van der Waals surface area contributed by atoms with Gasteiger partial charge in [0, 0.05) is 40.7 Å². The van der Waals surface area contributed by atoms with E-state index in [2.05, 4.69) is 22.0 Å². The number of amides is 1. The van der Waals surface area contributed by atoms with Gasteiger partial charge in [-0.3, -0.25) is 19.4 Å². The number of cyclic esters (lactones) is 1. The first-order valence-electron chi connectivity index (χ1n) is 21.4. The Hall–Kier alpha value is -4.14. The van der Waals surface area contributed by atoms with Crippen LogP contribution in [0, 0.1) is 35.5 Å². The van der Waals surface area contributed by atoms with Gasteiger partial charge in [-0.05, 0) is 79.1 Å². The standard InChI is InChI=1S/C46H62N4O11/c1-11-36-46(8,55)41-27(4)37-25(2)21-45(7,40(28(5)38(51)29(6)43(54)59-36)60-44-39(52)34(50(9)10)19-26(3)58-44)57-24-32(23-56-41)49-61-35(42(53)48-37)18-14-15-30-20-31-16-12-13-17-33(31)47-22-30/h12-13,16-17,20,22,25-29,34-36,39-41,44,52,55H,11,18-19,21,23-24H2,1-10H3/b48-37?,49-32+/t25-,26-,27-,28+,29-,34+,35?,36-,39-,40-,41+,44+,45-,46-/m1/s1. The number of hydrogen-bond acceptors (Lipinski definition) is 14. The second kappa shape index (κ2) is 19.1. The molecule has 3 saturated heterocycles. The highest BCUT2D eigenvalue weighted by molar-refractivity contribution is 6.01. The van der Waals surface area contributed by atoms with E-state index in [1.165, 1.54) is 13.8 Å². The number of aliphatic hydroxyl groups is 2. The molecule has 1 amide bonds. The molecule has 5 heterocycles. The number of rotatable bonds is 5. The van der Waals surface area contributed by atoms with E-state index in [1.807, 2.05) is 70.1 Å². The predicted molar refractivity (Wildman–Crippen MR) is 226 cm³/mol. The molecule has 4 bridgehead atoms. The highest BCUT2D eigenvalue weighted by Gasteiger charge is 2.53. The van der Waals surface area contributed by atoms with Crippen molar-refractivity contribution in [2.24, 2.45) is 33.8 Å². The lowest BCUT2D eigenvalue weighted by atomic mass is 9.73. The largest absolute Gasteiger partial charge is 0.459 e. The molecule has 61 heavy (non-hydrogen) atoms. The van der Waals surface area contributed by atoms with E-state index >= 15 is 0 Å². The van der Waals surface area contributed by atoms with E-state index in [4.69, 9.17) is 33.5 Å². The first-order valence-corrected chi connectivity index (χ1v) is 21.4. The average Bonchev–Trinajstić information content (AvgIpc) is 3.25. The average molecular weight is 847 g/mol. The number of carbonyl (C=O) groups is 3. The Morgan fingerprint density at radius 2 is 1.77 bits per heavy atom. The molecular weight excluding hydrogens is 785 g/mol. The number of fused-ring (bicyclic) bond motifs is 5. The first kappa shape index (κ1) is 46.4.